The Labute approximate surface area is 392 Å². The molecule has 2 amide bonds. The second-order valence-electron chi connectivity index (χ2n) is 21.1. The van der Waals surface area contributed by atoms with E-state index in [1.54, 1.807) is 21.5 Å². The molecule has 0 aliphatic heterocycles. The van der Waals surface area contributed by atoms with Crippen LogP contribution in [-0.4, -0.2) is 80.4 Å². The first kappa shape index (κ1) is 50.6. The van der Waals surface area contributed by atoms with Crippen molar-refractivity contribution in [2.45, 2.75) is 155 Å². The number of primary sulfonamides is 1. The number of nitrogens with one attached hydrogen (secondary N) is 2. The van der Waals surface area contributed by atoms with Crippen molar-refractivity contribution < 1.29 is 26.4 Å². The number of hydrogen-bond acceptors (Lipinski definition) is 11. The number of aromatic nitrogens is 4. The number of amides is 2. The number of nitriles is 1. The summed E-state index contributed by atoms with van der Waals surface area (Å²) in [6.45, 7) is 14.8. The molecule has 0 unspecified atom stereocenters. The van der Waals surface area contributed by atoms with Crippen LogP contribution >= 0.6 is 0 Å². The van der Waals surface area contributed by atoms with E-state index in [0.717, 1.165) is 98.2 Å². The van der Waals surface area contributed by atoms with Crippen molar-refractivity contribution in [3.05, 3.63) is 80.2 Å². The summed E-state index contributed by atoms with van der Waals surface area (Å²) in [5, 5.41) is 25.0. The number of carbonyl (C=O) groups excluding carboxylic acids is 1. The van der Waals surface area contributed by atoms with E-state index >= 15 is 0 Å². The van der Waals surface area contributed by atoms with Crippen LogP contribution in [0.1, 0.15) is 123 Å². The second-order valence-corrected chi connectivity index (χ2v) is 24.2. The highest BCUT2D eigenvalue weighted by molar-refractivity contribution is 7.90. The molecule has 360 valence electrons. The number of nitrogens with two attached hydrogens (primary N) is 1. The summed E-state index contributed by atoms with van der Waals surface area (Å²) in [7, 11) is -0.173. The molecule has 2 aromatic carbocycles. The van der Waals surface area contributed by atoms with Gasteiger partial charge in [-0.25, -0.2) is 23.1 Å². The van der Waals surface area contributed by atoms with E-state index in [1.807, 2.05) is 44.2 Å². The molecule has 66 heavy (non-hydrogen) atoms. The van der Waals surface area contributed by atoms with E-state index < -0.39 is 26.1 Å². The third-order valence-corrected chi connectivity index (χ3v) is 13.9. The zero-order valence-electron chi connectivity index (χ0n) is 40.6. The van der Waals surface area contributed by atoms with Gasteiger partial charge in [-0.15, -0.1) is 5.26 Å². The number of benzene rings is 2. The molecule has 0 saturated heterocycles. The minimum Gasteiger partial charge on any atom is -0.387 e. The van der Waals surface area contributed by atoms with Gasteiger partial charge < -0.3 is 19.9 Å². The Kier molecular flexibility index (Phi) is 15.5. The van der Waals surface area contributed by atoms with Crippen LogP contribution in [0, 0.1) is 22.3 Å². The molecule has 0 spiro atoms. The van der Waals surface area contributed by atoms with Gasteiger partial charge in [0, 0.05) is 44.0 Å². The van der Waals surface area contributed by atoms with Crippen molar-refractivity contribution in [2.75, 3.05) is 33.5 Å². The van der Waals surface area contributed by atoms with Gasteiger partial charge in [-0.05, 0) is 161 Å². The van der Waals surface area contributed by atoms with E-state index in [1.165, 1.54) is 46.2 Å². The standard InChI is InChI=1S/C24H35N5O3S.C13H13NO.C11H22N4O2S/c1-24(2,3)15-29-18(14-28(4)5)13-21(26-29)33(31,32)27-23(30)25-22-19-10-6-8-16(19)12-17-9-7-11-20(17)22;14-8-15-13-11-5-1-3-9(11)7-10-4-2-6-12(10)13;1-11(2,3)8-15-9(7-14(4)5)6-10(13-15)18(12,16)17/h12-13H,6-11,14-15H2,1-5H3,(H2,25,27,30);7H,1-6H2;6H,7-8H2,1-5H3,(H2,12,16,17). The van der Waals surface area contributed by atoms with E-state index in [-0.39, 0.29) is 20.9 Å². The molecule has 16 nitrogen and oxygen atoms in total. The lowest BCUT2D eigenvalue weighted by molar-refractivity contribution is 0.256. The number of nitrogens with zero attached hydrogens (tertiary/aromatic N) is 7. The molecule has 18 heteroatoms. The van der Waals surface area contributed by atoms with E-state index in [0.29, 0.717) is 26.2 Å². The molecular formula is C48H70N10O6S2. The van der Waals surface area contributed by atoms with Gasteiger partial charge in [0.25, 0.3) is 26.3 Å². The fourth-order valence-electron chi connectivity index (χ4n) is 9.42. The topological polar surface area (TPSA) is 211 Å². The molecule has 4 aliphatic carbocycles. The highest BCUT2D eigenvalue weighted by Gasteiger charge is 2.29. The highest BCUT2D eigenvalue weighted by Crippen LogP contribution is 2.41. The maximum atomic E-state index is 13.1. The molecule has 4 N–H and O–H groups in total. The summed E-state index contributed by atoms with van der Waals surface area (Å²) in [6.07, 6.45) is 14.7. The van der Waals surface area contributed by atoms with Gasteiger partial charge in [-0.1, -0.05) is 53.7 Å². The molecule has 0 bridgehead atoms. The van der Waals surface area contributed by atoms with Crippen LogP contribution in [0.25, 0.3) is 0 Å². The second kappa shape index (κ2) is 20.2. The molecule has 0 atom stereocenters. The van der Waals surface area contributed by atoms with Crippen LogP contribution in [-0.2, 0) is 97.6 Å². The molecule has 4 aliphatic rings. The van der Waals surface area contributed by atoms with Gasteiger partial charge in [-0.3, -0.25) is 9.36 Å². The Morgan fingerprint density at radius 1 is 0.682 bits per heavy atom. The number of carbonyl (C=O) groups is 1. The van der Waals surface area contributed by atoms with Gasteiger partial charge in [0.05, 0.1) is 11.4 Å². The summed E-state index contributed by atoms with van der Waals surface area (Å²) in [6, 6.07) is 6.98. The van der Waals surface area contributed by atoms with Crippen molar-refractivity contribution in [2.24, 2.45) is 16.0 Å². The van der Waals surface area contributed by atoms with Gasteiger partial charge in [0.1, 0.15) is 5.75 Å². The number of urea groups is 1. The summed E-state index contributed by atoms with van der Waals surface area (Å²) in [5.74, 6) is 0.903. The monoisotopic (exact) mass is 946 g/mol. The summed E-state index contributed by atoms with van der Waals surface area (Å²) < 4.78 is 59.6. The number of sulfonamides is 2. The highest BCUT2D eigenvalue weighted by atomic mass is 32.2. The number of rotatable bonds is 11. The Hall–Kier alpha value is -4.80. The first-order valence-corrected chi connectivity index (χ1v) is 26.0. The number of anilines is 1. The van der Waals surface area contributed by atoms with Gasteiger partial charge in [-0.2, -0.15) is 18.6 Å². The van der Waals surface area contributed by atoms with Crippen LogP contribution in [0.2, 0.25) is 0 Å². The third-order valence-electron chi connectivity index (χ3n) is 12.0. The lowest BCUT2D eigenvalue weighted by atomic mass is 9.97. The first-order valence-electron chi connectivity index (χ1n) is 23.0. The van der Waals surface area contributed by atoms with Crippen LogP contribution in [0.15, 0.2) is 34.3 Å². The smallest absolute Gasteiger partial charge is 0.333 e. The maximum Gasteiger partial charge on any atom is 0.333 e. The van der Waals surface area contributed by atoms with Crippen molar-refractivity contribution in [3.63, 3.8) is 0 Å². The summed E-state index contributed by atoms with van der Waals surface area (Å²) >= 11 is 0. The van der Waals surface area contributed by atoms with E-state index in [9.17, 15) is 21.6 Å². The Morgan fingerprint density at radius 3 is 1.47 bits per heavy atom. The average molecular weight is 947 g/mol. The van der Waals surface area contributed by atoms with Crippen LogP contribution in [0.4, 0.5) is 10.5 Å². The van der Waals surface area contributed by atoms with Gasteiger partial charge in [0.15, 0.2) is 10.1 Å². The Morgan fingerprint density at radius 2 is 1.08 bits per heavy atom. The molecule has 0 fully saturated rings. The minimum absolute atomic E-state index is 0.0166. The number of aryl methyl sites for hydroxylation is 4. The zero-order valence-corrected chi connectivity index (χ0v) is 42.2. The first-order chi connectivity index (χ1) is 30.8. The summed E-state index contributed by atoms with van der Waals surface area (Å²) in [5.41, 5.74) is 12.7. The largest absolute Gasteiger partial charge is 0.387 e. The molecule has 2 heterocycles. The maximum absolute atomic E-state index is 13.1. The number of fused-ring (bicyclic) bond motifs is 4. The average Bonchev–Trinajstić information content (AvgIpc) is 4.04. The predicted octanol–water partition coefficient (Wildman–Crippen LogP) is 6.64. The molecular weight excluding hydrogens is 877 g/mol. The fourth-order valence-corrected chi connectivity index (χ4v) is 10.8. The molecule has 0 radical (unpaired) electrons. The van der Waals surface area contributed by atoms with E-state index in [4.69, 9.17) is 15.1 Å². The number of ether oxygens (including phenoxy) is 1. The molecule has 0 saturated carbocycles. The molecule has 2 aromatic heterocycles. The fraction of sp³-hybridized carbons (Fsp3) is 0.583. The predicted molar refractivity (Wildman–Crippen MR) is 256 cm³/mol. The third kappa shape index (κ3) is 12.8. The van der Waals surface area contributed by atoms with E-state index in [2.05, 4.69) is 73.9 Å². The Balaban J connectivity index is 0.000000182. The van der Waals surface area contributed by atoms with Crippen molar-refractivity contribution in [1.29, 1.82) is 5.26 Å². The van der Waals surface area contributed by atoms with Crippen molar-refractivity contribution in [1.82, 2.24) is 34.1 Å². The molecule has 4 aromatic rings. The van der Waals surface area contributed by atoms with Gasteiger partial charge >= 0.3 is 6.03 Å². The van der Waals surface area contributed by atoms with Crippen molar-refractivity contribution >= 4 is 31.8 Å². The number of hydrogen-bond donors (Lipinski definition) is 3. The lowest BCUT2D eigenvalue weighted by Gasteiger charge is -2.20. The normalized spacial score (nSPS) is 15.3. The SMILES string of the molecule is CN(C)Cc1cc(S(=O)(=O)NC(=O)Nc2c3c(cc4c2CCC4)CCC3)nn1CC(C)(C)C.CN(C)Cc1cc(S(N)(=O)=O)nn1CC(C)(C)C.N#COc1c2c(cc3c1CCC3)CCC2. The van der Waals surface area contributed by atoms with Crippen molar-refractivity contribution in [3.8, 4) is 12.0 Å². The minimum atomic E-state index is -4.11. The Bertz CT molecular complexity index is 2630. The van der Waals surface area contributed by atoms with Crippen LogP contribution in [0.3, 0.4) is 0 Å². The zero-order chi connectivity index (χ0) is 48.4. The lowest BCUT2D eigenvalue weighted by Crippen LogP contribution is -2.35. The summed E-state index contributed by atoms with van der Waals surface area (Å²) in [4.78, 5) is 16.8. The van der Waals surface area contributed by atoms with Crippen LogP contribution < -0.4 is 19.9 Å². The van der Waals surface area contributed by atoms with Gasteiger partial charge in [0.2, 0.25) is 0 Å². The quantitative estimate of drug-likeness (QED) is 0.136. The van der Waals surface area contributed by atoms with Crippen LogP contribution in [0.5, 0.6) is 5.75 Å². The molecule has 8 rings (SSSR count).